The number of likely N-dealkylation sites (tertiary alicyclic amines) is 1. The van der Waals surface area contributed by atoms with Gasteiger partial charge >= 0.3 is 12.1 Å². The van der Waals surface area contributed by atoms with Crippen molar-refractivity contribution >= 4 is 18.0 Å². The van der Waals surface area contributed by atoms with Crippen molar-refractivity contribution in [2.45, 2.75) is 88.5 Å². The second kappa shape index (κ2) is 11.9. The van der Waals surface area contributed by atoms with E-state index in [1.807, 2.05) is 39.0 Å². The second-order valence-electron chi connectivity index (χ2n) is 11.5. The van der Waals surface area contributed by atoms with Gasteiger partial charge in [-0.15, -0.1) is 0 Å². The van der Waals surface area contributed by atoms with Crippen molar-refractivity contribution in [2.75, 3.05) is 33.0 Å². The summed E-state index contributed by atoms with van der Waals surface area (Å²) in [5.74, 6) is -0.0177. The maximum absolute atomic E-state index is 13.0. The molecular formula is C28H40N2O8. The van der Waals surface area contributed by atoms with Gasteiger partial charge in [-0.05, 0) is 70.4 Å². The summed E-state index contributed by atoms with van der Waals surface area (Å²) in [5.41, 5.74) is -0.212. The monoisotopic (exact) mass is 532 g/mol. The number of aliphatic carboxylic acids is 1. The molecule has 2 atom stereocenters. The van der Waals surface area contributed by atoms with E-state index in [1.165, 1.54) is 0 Å². The highest BCUT2D eigenvalue weighted by atomic mass is 16.6. The summed E-state index contributed by atoms with van der Waals surface area (Å²) in [6.07, 6.45) is 3.69. The third-order valence-corrected chi connectivity index (χ3v) is 7.52. The van der Waals surface area contributed by atoms with Gasteiger partial charge in [0.15, 0.2) is 0 Å². The van der Waals surface area contributed by atoms with Crippen molar-refractivity contribution in [2.24, 2.45) is 0 Å². The summed E-state index contributed by atoms with van der Waals surface area (Å²) in [7, 11) is 0. The molecule has 3 fully saturated rings. The first kappa shape index (κ1) is 28.2. The van der Waals surface area contributed by atoms with Gasteiger partial charge in [0.1, 0.15) is 18.0 Å². The number of nitrogens with zero attached hydrogens (tertiary/aromatic N) is 1. The molecule has 2 unspecified atom stereocenters. The Kier molecular flexibility index (Phi) is 8.82. The largest absolute Gasteiger partial charge is 0.493 e. The number of carboxylic acids is 1. The number of hydrogen-bond donors (Lipinski definition) is 2. The fourth-order valence-electron chi connectivity index (χ4n) is 5.68. The van der Waals surface area contributed by atoms with Gasteiger partial charge < -0.3 is 34.3 Å². The number of carbonyl (C=O) groups is 3. The maximum atomic E-state index is 13.0. The van der Waals surface area contributed by atoms with Crippen molar-refractivity contribution in [3.8, 4) is 5.75 Å². The Morgan fingerprint density at radius 3 is 2.61 bits per heavy atom. The molecule has 4 rings (SSSR count). The summed E-state index contributed by atoms with van der Waals surface area (Å²) in [6, 6.07) is 7.44. The molecule has 1 saturated carbocycles. The number of hydrogen-bond acceptors (Lipinski definition) is 7. The molecule has 1 aliphatic carbocycles. The zero-order valence-corrected chi connectivity index (χ0v) is 22.6. The van der Waals surface area contributed by atoms with Gasteiger partial charge in [0.05, 0.1) is 43.9 Å². The number of morpholine rings is 1. The lowest BCUT2D eigenvalue weighted by Gasteiger charge is -2.41. The van der Waals surface area contributed by atoms with Crippen LogP contribution in [-0.2, 0) is 23.8 Å². The molecule has 1 aromatic carbocycles. The second-order valence-corrected chi connectivity index (χ2v) is 11.5. The first-order chi connectivity index (χ1) is 18.1. The number of nitrogens with one attached hydrogen (secondary N) is 1. The van der Waals surface area contributed by atoms with Crippen LogP contribution in [0.3, 0.4) is 0 Å². The van der Waals surface area contributed by atoms with Gasteiger partial charge in [0.2, 0.25) is 5.91 Å². The Morgan fingerprint density at radius 2 is 1.92 bits per heavy atom. The van der Waals surface area contributed by atoms with Crippen LogP contribution in [0.4, 0.5) is 4.79 Å². The van der Waals surface area contributed by atoms with Crippen molar-refractivity contribution in [1.29, 1.82) is 0 Å². The summed E-state index contributed by atoms with van der Waals surface area (Å²) < 4.78 is 23.4. The average molecular weight is 533 g/mol. The van der Waals surface area contributed by atoms with Gasteiger partial charge in [-0.3, -0.25) is 9.59 Å². The van der Waals surface area contributed by atoms with Gasteiger partial charge in [-0.25, -0.2) is 4.79 Å². The van der Waals surface area contributed by atoms with E-state index in [9.17, 15) is 14.4 Å². The predicted molar refractivity (Wildman–Crippen MR) is 138 cm³/mol. The first-order valence-electron chi connectivity index (χ1n) is 13.5. The highest BCUT2D eigenvalue weighted by Gasteiger charge is 2.53. The third-order valence-electron chi connectivity index (χ3n) is 7.52. The van der Waals surface area contributed by atoms with Gasteiger partial charge in [-0.2, -0.15) is 0 Å². The molecule has 10 heteroatoms. The highest BCUT2D eigenvalue weighted by molar-refractivity contribution is 5.79. The van der Waals surface area contributed by atoms with Crippen LogP contribution >= 0.6 is 0 Å². The Balaban J connectivity index is 1.37. The summed E-state index contributed by atoms with van der Waals surface area (Å²) in [6.45, 7) is 6.74. The Bertz CT molecular complexity index is 1000. The SMILES string of the molecule is CC(C)(C)OC(=O)N1CCC2(COCC(=O)N2)C1CO[C@H]1CC[C@@H](c2ccccc2OCCC(=O)O)CC1. The zero-order valence-electron chi connectivity index (χ0n) is 22.6. The Labute approximate surface area is 223 Å². The van der Waals surface area contributed by atoms with E-state index in [-0.39, 0.29) is 44.3 Å². The summed E-state index contributed by atoms with van der Waals surface area (Å²) in [5, 5.41) is 12.0. The highest BCUT2D eigenvalue weighted by Crippen LogP contribution is 2.39. The minimum atomic E-state index is -0.881. The lowest BCUT2D eigenvalue weighted by molar-refractivity contribution is -0.138. The van der Waals surface area contributed by atoms with E-state index in [2.05, 4.69) is 11.4 Å². The topological polar surface area (TPSA) is 124 Å². The van der Waals surface area contributed by atoms with Crippen LogP contribution in [0.2, 0.25) is 0 Å². The molecule has 2 saturated heterocycles. The van der Waals surface area contributed by atoms with E-state index < -0.39 is 23.2 Å². The Morgan fingerprint density at radius 1 is 1.18 bits per heavy atom. The zero-order chi connectivity index (χ0) is 27.3. The minimum absolute atomic E-state index is 0.0211. The van der Waals surface area contributed by atoms with E-state index >= 15 is 0 Å². The molecule has 2 heterocycles. The number of carboxylic acid groups (broad SMARTS) is 1. The predicted octanol–water partition coefficient (Wildman–Crippen LogP) is 3.48. The molecule has 10 nitrogen and oxygen atoms in total. The molecule has 3 aliphatic rings. The lowest BCUT2D eigenvalue weighted by Crippen LogP contribution is -2.65. The third kappa shape index (κ3) is 6.96. The number of rotatable bonds is 8. The number of benzene rings is 1. The van der Waals surface area contributed by atoms with Crippen LogP contribution in [0.15, 0.2) is 24.3 Å². The molecule has 0 bridgehead atoms. The molecule has 2 N–H and O–H groups in total. The Hall–Kier alpha value is -2.85. The molecule has 0 aromatic heterocycles. The smallest absolute Gasteiger partial charge is 0.410 e. The van der Waals surface area contributed by atoms with Crippen LogP contribution in [0.5, 0.6) is 5.75 Å². The maximum Gasteiger partial charge on any atom is 0.410 e. The van der Waals surface area contributed by atoms with Gasteiger partial charge in [-0.1, -0.05) is 18.2 Å². The van der Waals surface area contributed by atoms with Crippen LogP contribution in [0, 0.1) is 0 Å². The van der Waals surface area contributed by atoms with Crippen LogP contribution in [-0.4, -0.2) is 84.2 Å². The lowest BCUT2D eigenvalue weighted by atomic mass is 9.82. The first-order valence-corrected chi connectivity index (χ1v) is 13.5. The molecule has 1 spiro atoms. The molecule has 2 amide bonds. The molecule has 1 aromatic rings. The quantitative estimate of drug-likeness (QED) is 0.522. The van der Waals surface area contributed by atoms with Gasteiger partial charge in [0, 0.05) is 6.54 Å². The van der Waals surface area contributed by atoms with E-state index in [1.54, 1.807) is 4.90 Å². The minimum Gasteiger partial charge on any atom is -0.493 e. The van der Waals surface area contributed by atoms with Gasteiger partial charge in [0.25, 0.3) is 0 Å². The van der Waals surface area contributed by atoms with E-state index in [4.69, 9.17) is 24.1 Å². The van der Waals surface area contributed by atoms with Crippen LogP contribution in [0.1, 0.15) is 70.8 Å². The number of carbonyl (C=O) groups excluding carboxylic acids is 2. The number of amides is 2. The number of ether oxygens (including phenoxy) is 4. The van der Waals surface area contributed by atoms with Crippen molar-refractivity contribution in [3.05, 3.63) is 29.8 Å². The summed E-state index contributed by atoms with van der Waals surface area (Å²) >= 11 is 0. The van der Waals surface area contributed by atoms with Crippen LogP contribution < -0.4 is 10.1 Å². The van der Waals surface area contributed by atoms with Crippen molar-refractivity contribution in [3.63, 3.8) is 0 Å². The van der Waals surface area contributed by atoms with E-state index in [0.29, 0.717) is 25.5 Å². The average Bonchev–Trinajstić information content (AvgIpc) is 3.19. The molecule has 2 aliphatic heterocycles. The molecule has 38 heavy (non-hydrogen) atoms. The standard InChI is InChI=1S/C28H40N2O8/c1-27(2,3)38-26(34)30-14-13-28(18-35-17-24(31)29-28)23(30)16-37-20-10-8-19(9-11-20)21-6-4-5-7-22(21)36-15-12-25(32)33/h4-7,19-20,23H,8-18H2,1-3H3,(H,29,31)(H,32,33)/t19-,20+,23?,28?. The molecule has 0 radical (unpaired) electrons. The van der Waals surface area contributed by atoms with E-state index in [0.717, 1.165) is 37.0 Å². The van der Waals surface area contributed by atoms with Crippen LogP contribution in [0.25, 0.3) is 0 Å². The number of para-hydroxylation sites is 1. The molecular weight excluding hydrogens is 492 g/mol. The normalized spacial score (nSPS) is 27.7. The van der Waals surface area contributed by atoms with Crippen molar-refractivity contribution < 1.29 is 38.4 Å². The molecule has 210 valence electrons. The fraction of sp³-hybridized carbons (Fsp3) is 0.679. The summed E-state index contributed by atoms with van der Waals surface area (Å²) in [4.78, 5) is 37.8. The fourth-order valence-corrected chi connectivity index (χ4v) is 5.68. The van der Waals surface area contributed by atoms with Crippen molar-refractivity contribution in [1.82, 2.24) is 10.2 Å².